The monoisotopic (exact) mass is 271 g/mol. The van der Waals surface area contributed by atoms with E-state index in [4.69, 9.17) is 0 Å². The number of benzene rings is 1. The number of aromatic carboxylic acids is 1. The summed E-state index contributed by atoms with van der Waals surface area (Å²) in [7, 11) is 0. The molecule has 20 heavy (non-hydrogen) atoms. The summed E-state index contributed by atoms with van der Waals surface area (Å²) < 4.78 is 1.79. The minimum Gasteiger partial charge on any atom is -0.478 e. The molecule has 0 amide bonds. The third-order valence-electron chi connectivity index (χ3n) is 3.63. The summed E-state index contributed by atoms with van der Waals surface area (Å²) in [6.07, 6.45) is 6.11. The lowest BCUT2D eigenvalue weighted by Gasteiger charge is -2.11. The molecule has 0 unspecified atom stereocenters. The molecule has 5 heteroatoms. The fraction of sp³-hybridized carbons (Fsp3) is 0.333. The van der Waals surface area contributed by atoms with Gasteiger partial charge in [0.15, 0.2) is 0 Å². The molecule has 1 aliphatic heterocycles. The van der Waals surface area contributed by atoms with Crippen LogP contribution in [0, 0.1) is 0 Å². The second-order valence-electron chi connectivity index (χ2n) is 5.08. The summed E-state index contributed by atoms with van der Waals surface area (Å²) in [5, 5.41) is 9.22. The zero-order chi connectivity index (χ0) is 13.9. The van der Waals surface area contributed by atoms with E-state index in [-0.39, 0.29) is 5.56 Å². The van der Waals surface area contributed by atoms with Crippen LogP contribution < -0.4 is 0 Å². The highest BCUT2D eigenvalue weighted by atomic mass is 16.4. The second-order valence-corrected chi connectivity index (χ2v) is 5.08. The molecule has 104 valence electrons. The quantitative estimate of drug-likeness (QED) is 0.926. The molecule has 1 N–H and O–H groups in total. The van der Waals surface area contributed by atoms with Crippen LogP contribution in [0.4, 0.5) is 0 Å². The number of rotatable bonds is 4. The van der Waals surface area contributed by atoms with Gasteiger partial charge >= 0.3 is 5.97 Å². The predicted octanol–water partition coefficient (Wildman–Crippen LogP) is 2.17. The summed E-state index contributed by atoms with van der Waals surface area (Å²) in [5.74, 6) is -0.921. The number of carbonyl (C=O) groups is 1. The van der Waals surface area contributed by atoms with Gasteiger partial charge in [-0.25, -0.2) is 9.78 Å². The Hall–Kier alpha value is -2.14. The first kappa shape index (κ1) is 12.9. The molecule has 0 atom stereocenters. The van der Waals surface area contributed by atoms with Crippen LogP contribution in [0.25, 0.3) is 5.69 Å². The zero-order valence-electron chi connectivity index (χ0n) is 11.2. The third-order valence-corrected chi connectivity index (χ3v) is 3.63. The van der Waals surface area contributed by atoms with Crippen molar-refractivity contribution in [2.24, 2.45) is 0 Å². The number of imidazole rings is 1. The van der Waals surface area contributed by atoms with Crippen LogP contribution in [-0.2, 0) is 6.54 Å². The Kier molecular flexibility index (Phi) is 3.52. The summed E-state index contributed by atoms with van der Waals surface area (Å²) in [4.78, 5) is 18.0. The Morgan fingerprint density at radius 3 is 2.75 bits per heavy atom. The van der Waals surface area contributed by atoms with E-state index in [0.717, 1.165) is 25.3 Å². The first-order valence-electron chi connectivity index (χ1n) is 6.82. The Bertz CT molecular complexity index is 615. The normalized spacial score (nSPS) is 15.6. The van der Waals surface area contributed by atoms with Crippen LogP contribution in [0.15, 0.2) is 36.8 Å². The lowest BCUT2D eigenvalue weighted by Crippen LogP contribution is -2.18. The number of hydrogen-bond donors (Lipinski definition) is 1. The fourth-order valence-corrected chi connectivity index (χ4v) is 2.63. The highest BCUT2D eigenvalue weighted by molar-refractivity contribution is 5.91. The molecule has 5 nitrogen and oxygen atoms in total. The molecule has 0 bridgehead atoms. The van der Waals surface area contributed by atoms with Crippen LogP contribution in [0.1, 0.15) is 28.9 Å². The van der Waals surface area contributed by atoms with Gasteiger partial charge in [0.25, 0.3) is 0 Å². The number of likely N-dealkylation sites (tertiary alicyclic amines) is 1. The number of hydrogen-bond acceptors (Lipinski definition) is 3. The molecule has 3 rings (SSSR count). The third kappa shape index (κ3) is 2.58. The summed E-state index contributed by atoms with van der Waals surface area (Å²) in [6.45, 7) is 3.08. The SMILES string of the molecule is O=C(O)c1ccccc1-n1cnc(CN2CCCC2)c1. The molecule has 1 fully saturated rings. The molecular formula is C15H17N3O2. The molecule has 1 aromatic carbocycles. The molecule has 1 saturated heterocycles. The van der Waals surface area contributed by atoms with E-state index in [9.17, 15) is 9.90 Å². The average Bonchev–Trinajstić information content (AvgIpc) is 3.11. The van der Waals surface area contributed by atoms with Crippen LogP contribution in [0.3, 0.4) is 0 Å². The second kappa shape index (κ2) is 5.46. The number of carboxylic acids is 1. The molecule has 1 aromatic heterocycles. The van der Waals surface area contributed by atoms with E-state index in [2.05, 4.69) is 9.88 Å². The van der Waals surface area contributed by atoms with Gasteiger partial charge in [-0.2, -0.15) is 0 Å². The number of nitrogens with zero attached hydrogens (tertiary/aromatic N) is 3. The largest absolute Gasteiger partial charge is 0.478 e. The highest BCUT2D eigenvalue weighted by Crippen LogP contribution is 2.17. The van der Waals surface area contributed by atoms with E-state index in [0.29, 0.717) is 5.69 Å². The molecule has 0 saturated carbocycles. The van der Waals surface area contributed by atoms with E-state index < -0.39 is 5.97 Å². The lowest BCUT2D eigenvalue weighted by molar-refractivity contribution is 0.0697. The molecular weight excluding hydrogens is 254 g/mol. The van der Waals surface area contributed by atoms with Crippen molar-refractivity contribution >= 4 is 5.97 Å². The maximum atomic E-state index is 11.2. The van der Waals surface area contributed by atoms with Gasteiger partial charge < -0.3 is 9.67 Å². The van der Waals surface area contributed by atoms with E-state index in [1.54, 1.807) is 29.1 Å². The molecule has 0 aliphatic carbocycles. The van der Waals surface area contributed by atoms with Crippen molar-refractivity contribution in [1.29, 1.82) is 0 Å². The standard InChI is InChI=1S/C15H17N3O2/c19-15(20)13-5-1-2-6-14(13)18-10-12(16-11-18)9-17-7-3-4-8-17/h1-2,5-6,10-11H,3-4,7-9H2,(H,19,20). The molecule has 2 aromatic rings. The van der Waals surface area contributed by atoms with E-state index in [1.807, 2.05) is 12.3 Å². The van der Waals surface area contributed by atoms with Gasteiger partial charge in [-0.15, -0.1) is 0 Å². The van der Waals surface area contributed by atoms with Crippen molar-refractivity contribution in [3.05, 3.63) is 48.0 Å². The lowest BCUT2D eigenvalue weighted by atomic mass is 10.2. The fourth-order valence-electron chi connectivity index (χ4n) is 2.63. The summed E-state index contributed by atoms with van der Waals surface area (Å²) in [5.41, 5.74) is 1.92. The maximum Gasteiger partial charge on any atom is 0.337 e. The number of carboxylic acid groups (broad SMARTS) is 1. The van der Waals surface area contributed by atoms with Crippen molar-refractivity contribution in [2.45, 2.75) is 19.4 Å². The van der Waals surface area contributed by atoms with Crippen molar-refractivity contribution in [3.8, 4) is 5.69 Å². The molecule has 1 aliphatic rings. The van der Waals surface area contributed by atoms with Crippen LogP contribution in [0.2, 0.25) is 0 Å². The van der Waals surface area contributed by atoms with Crippen molar-refractivity contribution in [3.63, 3.8) is 0 Å². The van der Waals surface area contributed by atoms with Crippen molar-refractivity contribution in [2.75, 3.05) is 13.1 Å². The van der Waals surface area contributed by atoms with E-state index in [1.165, 1.54) is 12.8 Å². The topological polar surface area (TPSA) is 58.4 Å². The van der Waals surface area contributed by atoms with E-state index >= 15 is 0 Å². The zero-order valence-corrected chi connectivity index (χ0v) is 11.2. The summed E-state index contributed by atoms with van der Waals surface area (Å²) >= 11 is 0. The van der Waals surface area contributed by atoms with Gasteiger partial charge in [-0.05, 0) is 38.1 Å². The maximum absolute atomic E-state index is 11.2. The van der Waals surface area contributed by atoms with Gasteiger partial charge in [0.1, 0.15) is 0 Å². The number of para-hydroxylation sites is 1. The van der Waals surface area contributed by atoms with Gasteiger partial charge in [0, 0.05) is 12.7 Å². The summed E-state index contributed by atoms with van der Waals surface area (Å²) in [6, 6.07) is 6.97. The van der Waals surface area contributed by atoms with Crippen LogP contribution in [0.5, 0.6) is 0 Å². The van der Waals surface area contributed by atoms with Crippen molar-refractivity contribution in [1.82, 2.24) is 14.5 Å². The Labute approximate surface area is 117 Å². The average molecular weight is 271 g/mol. The van der Waals surface area contributed by atoms with Crippen LogP contribution in [-0.4, -0.2) is 38.6 Å². The highest BCUT2D eigenvalue weighted by Gasteiger charge is 2.15. The minimum absolute atomic E-state index is 0.289. The smallest absolute Gasteiger partial charge is 0.337 e. The van der Waals surface area contributed by atoms with Gasteiger partial charge in [0.2, 0.25) is 0 Å². The van der Waals surface area contributed by atoms with Crippen molar-refractivity contribution < 1.29 is 9.90 Å². The molecule has 0 spiro atoms. The number of aromatic nitrogens is 2. The Morgan fingerprint density at radius 2 is 2.00 bits per heavy atom. The van der Waals surface area contributed by atoms with Crippen LogP contribution >= 0.6 is 0 Å². The molecule has 2 heterocycles. The van der Waals surface area contributed by atoms with Gasteiger partial charge in [-0.3, -0.25) is 4.90 Å². The van der Waals surface area contributed by atoms with Gasteiger partial charge in [0.05, 0.1) is 23.3 Å². The predicted molar refractivity (Wildman–Crippen MR) is 75.0 cm³/mol. The minimum atomic E-state index is -0.921. The molecule has 0 radical (unpaired) electrons. The Morgan fingerprint density at radius 1 is 1.25 bits per heavy atom. The Balaban J connectivity index is 1.84. The first-order chi connectivity index (χ1) is 9.74. The van der Waals surface area contributed by atoms with Gasteiger partial charge in [-0.1, -0.05) is 12.1 Å². The first-order valence-corrected chi connectivity index (χ1v) is 6.82.